The van der Waals surface area contributed by atoms with Crippen LogP contribution >= 0.6 is 11.8 Å². The summed E-state index contributed by atoms with van der Waals surface area (Å²) in [5.41, 5.74) is 1.26. The first-order valence-electron chi connectivity index (χ1n) is 4.20. The maximum absolute atomic E-state index is 5.25. The fraction of sp³-hybridized carbons (Fsp3) is 0.400. The zero-order valence-corrected chi connectivity index (χ0v) is 9.07. The van der Waals surface area contributed by atoms with Gasteiger partial charge >= 0.3 is 0 Å². The van der Waals surface area contributed by atoms with Gasteiger partial charge in [0.15, 0.2) is 0 Å². The lowest BCUT2D eigenvalue weighted by Gasteiger charge is -2.08. The van der Waals surface area contributed by atoms with Crippen LogP contribution in [0.3, 0.4) is 0 Å². The SMILES string of the molecule is CNCSc1cc(C)ccc1OC. The predicted octanol–water partition coefficient (Wildman–Crippen LogP) is 2.27. The lowest BCUT2D eigenvalue weighted by atomic mass is 10.2. The van der Waals surface area contributed by atoms with Gasteiger partial charge in [-0.15, -0.1) is 11.8 Å². The molecule has 1 N–H and O–H groups in total. The van der Waals surface area contributed by atoms with Crippen molar-refractivity contribution in [3.63, 3.8) is 0 Å². The van der Waals surface area contributed by atoms with Gasteiger partial charge in [-0.2, -0.15) is 0 Å². The minimum Gasteiger partial charge on any atom is -0.496 e. The molecule has 0 heterocycles. The Morgan fingerprint density at radius 3 is 2.85 bits per heavy atom. The molecule has 0 spiro atoms. The van der Waals surface area contributed by atoms with Crippen molar-refractivity contribution in [2.24, 2.45) is 0 Å². The average molecular weight is 197 g/mol. The van der Waals surface area contributed by atoms with Crippen LogP contribution < -0.4 is 10.1 Å². The summed E-state index contributed by atoms with van der Waals surface area (Å²) in [6, 6.07) is 6.20. The topological polar surface area (TPSA) is 21.3 Å². The second-order valence-electron chi connectivity index (χ2n) is 2.80. The quantitative estimate of drug-likeness (QED) is 0.591. The van der Waals surface area contributed by atoms with Crippen LogP contribution in [-0.4, -0.2) is 20.0 Å². The first-order valence-corrected chi connectivity index (χ1v) is 5.18. The lowest BCUT2D eigenvalue weighted by Crippen LogP contribution is -2.03. The smallest absolute Gasteiger partial charge is 0.132 e. The highest BCUT2D eigenvalue weighted by molar-refractivity contribution is 7.99. The lowest BCUT2D eigenvalue weighted by molar-refractivity contribution is 0.404. The van der Waals surface area contributed by atoms with Gasteiger partial charge in [-0.25, -0.2) is 0 Å². The highest BCUT2D eigenvalue weighted by atomic mass is 32.2. The predicted molar refractivity (Wildman–Crippen MR) is 57.5 cm³/mol. The molecule has 0 radical (unpaired) electrons. The molecule has 0 saturated heterocycles. The molecule has 13 heavy (non-hydrogen) atoms. The van der Waals surface area contributed by atoms with Crippen molar-refractivity contribution < 1.29 is 4.74 Å². The van der Waals surface area contributed by atoms with Crippen molar-refractivity contribution in [2.75, 3.05) is 20.0 Å². The molecule has 0 fully saturated rings. The summed E-state index contributed by atoms with van der Waals surface area (Å²) in [7, 11) is 3.64. The van der Waals surface area contributed by atoms with Gasteiger partial charge < -0.3 is 10.1 Å². The Morgan fingerprint density at radius 1 is 1.46 bits per heavy atom. The second-order valence-corrected chi connectivity index (χ2v) is 3.81. The summed E-state index contributed by atoms with van der Waals surface area (Å²) in [5.74, 6) is 1.85. The summed E-state index contributed by atoms with van der Waals surface area (Å²) in [6.45, 7) is 2.09. The van der Waals surface area contributed by atoms with Gasteiger partial charge in [-0.1, -0.05) is 6.07 Å². The van der Waals surface area contributed by atoms with Crippen molar-refractivity contribution in [1.29, 1.82) is 0 Å². The van der Waals surface area contributed by atoms with Gasteiger partial charge in [0.2, 0.25) is 0 Å². The van der Waals surface area contributed by atoms with E-state index in [1.54, 1.807) is 18.9 Å². The molecule has 0 saturated carbocycles. The fourth-order valence-electron chi connectivity index (χ4n) is 1.05. The number of methoxy groups -OCH3 is 1. The minimum absolute atomic E-state index is 0.903. The Labute approximate surface area is 83.7 Å². The Kier molecular flexibility index (Phi) is 4.12. The second kappa shape index (κ2) is 5.14. The van der Waals surface area contributed by atoms with Crippen LogP contribution in [0.15, 0.2) is 23.1 Å². The highest BCUT2D eigenvalue weighted by Gasteiger charge is 2.02. The minimum atomic E-state index is 0.903. The van der Waals surface area contributed by atoms with E-state index in [0.29, 0.717) is 0 Å². The molecule has 0 amide bonds. The van der Waals surface area contributed by atoms with Gasteiger partial charge in [0, 0.05) is 5.88 Å². The number of rotatable bonds is 4. The zero-order chi connectivity index (χ0) is 9.68. The maximum Gasteiger partial charge on any atom is 0.132 e. The number of thioether (sulfide) groups is 1. The largest absolute Gasteiger partial charge is 0.496 e. The summed E-state index contributed by atoms with van der Waals surface area (Å²) in [5, 5.41) is 3.09. The summed E-state index contributed by atoms with van der Waals surface area (Å²) in [4.78, 5) is 1.19. The van der Waals surface area contributed by atoms with Crippen LogP contribution in [0.5, 0.6) is 5.75 Å². The highest BCUT2D eigenvalue weighted by Crippen LogP contribution is 2.29. The maximum atomic E-state index is 5.25. The zero-order valence-electron chi connectivity index (χ0n) is 8.26. The van der Waals surface area contributed by atoms with Gasteiger partial charge in [0.1, 0.15) is 5.75 Å². The molecule has 0 aliphatic heterocycles. The molecule has 1 rings (SSSR count). The summed E-state index contributed by atoms with van der Waals surface area (Å²) >= 11 is 1.75. The van der Waals surface area contributed by atoms with E-state index in [0.717, 1.165) is 11.6 Å². The third-order valence-electron chi connectivity index (χ3n) is 1.69. The first-order chi connectivity index (χ1) is 6.27. The standard InChI is InChI=1S/C10H15NOS/c1-8-4-5-9(12-3)10(6-8)13-7-11-2/h4-6,11H,7H2,1-3H3. The van der Waals surface area contributed by atoms with Crippen LogP contribution in [0.4, 0.5) is 0 Å². The molecule has 3 heteroatoms. The van der Waals surface area contributed by atoms with Crippen molar-refractivity contribution in [2.45, 2.75) is 11.8 Å². The van der Waals surface area contributed by atoms with E-state index < -0.39 is 0 Å². The fourth-order valence-corrected chi connectivity index (χ4v) is 1.91. The van der Waals surface area contributed by atoms with E-state index in [2.05, 4.69) is 24.4 Å². The molecule has 0 aliphatic carbocycles. The molecular weight excluding hydrogens is 182 g/mol. The molecule has 1 aromatic carbocycles. The van der Waals surface area contributed by atoms with Crippen LogP contribution in [-0.2, 0) is 0 Å². The first kappa shape index (κ1) is 10.4. The molecular formula is C10H15NOS. The number of aryl methyl sites for hydroxylation is 1. The Hall–Kier alpha value is -0.670. The summed E-state index contributed by atoms with van der Waals surface area (Å²) in [6.07, 6.45) is 0. The van der Waals surface area contributed by atoms with Crippen molar-refractivity contribution in [3.8, 4) is 5.75 Å². The third kappa shape index (κ3) is 2.94. The Balaban J connectivity index is 2.81. The van der Waals surface area contributed by atoms with E-state index in [1.165, 1.54) is 10.5 Å². The van der Waals surface area contributed by atoms with Crippen LogP contribution in [0.25, 0.3) is 0 Å². The van der Waals surface area contributed by atoms with Crippen molar-refractivity contribution >= 4 is 11.8 Å². The van der Waals surface area contributed by atoms with E-state index in [4.69, 9.17) is 4.74 Å². The van der Waals surface area contributed by atoms with Crippen LogP contribution in [0, 0.1) is 6.92 Å². The monoisotopic (exact) mass is 197 g/mol. The Bertz CT molecular complexity index is 276. The van der Waals surface area contributed by atoms with E-state index in [-0.39, 0.29) is 0 Å². The van der Waals surface area contributed by atoms with Crippen molar-refractivity contribution in [3.05, 3.63) is 23.8 Å². The molecule has 2 nitrogen and oxygen atoms in total. The molecule has 0 bridgehead atoms. The number of hydrogen-bond donors (Lipinski definition) is 1. The van der Waals surface area contributed by atoms with Crippen LogP contribution in [0.1, 0.15) is 5.56 Å². The van der Waals surface area contributed by atoms with E-state index >= 15 is 0 Å². The van der Waals surface area contributed by atoms with Crippen molar-refractivity contribution in [1.82, 2.24) is 5.32 Å². The Morgan fingerprint density at radius 2 is 2.23 bits per heavy atom. The van der Waals surface area contributed by atoms with E-state index in [1.807, 2.05) is 13.1 Å². The van der Waals surface area contributed by atoms with Gasteiger partial charge in [0.25, 0.3) is 0 Å². The number of nitrogens with one attached hydrogen (secondary N) is 1. The number of benzene rings is 1. The molecule has 1 aromatic rings. The number of ether oxygens (including phenoxy) is 1. The third-order valence-corrected chi connectivity index (χ3v) is 2.75. The molecule has 0 unspecified atom stereocenters. The molecule has 0 aliphatic rings. The normalized spacial score (nSPS) is 10.1. The van der Waals surface area contributed by atoms with E-state index in [9.17, 15) is 0 Å². The van der Waals surface area contributed by atoms with Gasteiger partial charge in [0.05, 0.1) is 12.0 Å². The van der Waals surface area contributed by atoms with Crippen LogP contribution in [0.2, 0.25) is 0 Å². The molecule has 0 aromatic heterocycles. The van der Waals surface area contributed by atoms with Gasteiger partial charge in [-0.05, 0) is 31.7 Å². The number of hydrogen-bond acceptors (Lipinski definition) is 3. The molecule has 72 valence electrons. The average Bonchev–Trinajstić information content (AvgIpc) is 2.15. The van der Waals surface area contributed by atoms with Gasteiger partial charge in [-0.3, -0.25) is 0 Å². The molecule has 0 atom stereocenters. The summed E-state index contributed by atoms with van der Waals surface area (Å²) < 4.78 is 5.25.